The van der Waals surface area contributed by atoms with E-state index in [0.29, 0.717) is 0 Å². The summed E-state index contributed by atoms with van der Waals surface area (Å²) in [6.45, 7) is 24.0. The molecule has 4 saturated carbocycles. The molecule has 0 nitrogen and oxygen atoms in total. The fraction of sp³-hybridized carbons (Fsp3) is 1.00. The molecule has 180 valence electrons. The van der Waals surface area contributed by atoms with Crippen molar-refractivity contribution in [3.63, 3.8) is 0 Å². The summed E-state index contributed by atoms with van der Waals surface area (Å²) in [5, 5.41) is 0. The van der Waals surface area contributed by atoms with Crippen LogP contribution in [-0.2, 0) is 0 Å². The summed E-state index contributed by atoms with van der Waals surface area (Å²) in [4.78, 5) is 0. The first-order valence-corrected chi connectivity index (χ1v) is 14.0. The van der Waals surface area contributed by atoms with Crippen LogP contribution in [0.15, 0.2) is 0 Å². The predicted molar refractivity (Wildman–Crippen MR) is 142 cm³/mol. The molecule has 4 aliphatic carbocycles. The number of hydrogen-bond donors (Lipinski definition) is 0. The van der Waals surface area contributed by atoms with Crippen molar-refractivity contribution in [3.05, 3.63) is 0 Å². The molecule has 0 heterocycles. The lowest BCUT2D eigenvalue weighted by Gasteiger charge is -2.05. The average molecular weight is 405 g/mol. The van der Waals surface area contributed by atoms with Crippen LogP contribution in [-0.4, -0.2) is 0 Å². The molecule has 0 unspecified atom stereocenters. The monoisotopic (exact) mass is 405 g/mol. The molecule has 0 saturated heterocycles. The standard InChI is InChI=1S/4C4H8.6C2H6/c4*1-2-4-3-1;6*1-2/h4*1-4H2;6*1-2H3. The molecule has 0 amide bonds. The van der Waals surface area contributed by atoms with E-state index in [1.54, 1.807) is 0 Å². The molecule has 0 aromatic carbocycles. The van der Waals surface area contributed by atoms with Crippen molar-refractivity contribution in [1.29, 1.82) is 0 Å². The lowest BCUT2D eigenvalue weighted by atomic mass is 10.0. The zero-order valence-corrected chi connectivity index (χ0v) is 23.3. The first-order valence-electron chi connectivity index (χ1n) is 14.0. The molecule has 0 bridgehead atoms. The second-order valence-electron chi connectivity index (χ2n) is 5.66. The third kappa shape index (κ3) is 63.5. The lowest BCUT2D eigenvalue weighted by Crippen LogP contribution is -1.85. The number of rotatable bonds is 0. The molecule has 28 heavy (non-hydrogen) atoms. The Labute approximate surface area is 186 Å². The largest absolute Gasteiger partial charge is 0.0683 e. The van der Waals surface area contributed by atoms with Gasteiger partial charge in [0.15, 0.2) is 0 Å². The van der Waals surface area contributed by atoms with Gasteiger partial charge < -0.3 is 0 Å². The van der Waals surface area contributed by atoms with E-state index < -0.39 is 0 Å². The molecular formula is C28H68. The normalized spacial score (nSPS) is 15.0. The van der Waals surface area contributed by atoms with E-state index >= 15 is 0 Å². The Morgan fingerprint density at radius 1 is 0.143 bits per heavy atom. The Morgan fingerprint density at radius 3 is 0.179 bits per heavy atom. The Hall–Kier alpha value is 0. The van der Waals surface area contributed by atoms with Crippen molar-refractivity contribution in [2.45, 2.75) is 186 Å². The van der Waals surface area contributed by atoms with Crippen LogP contribution in [0.4, 0.5) is 0 Å². The van der Waals surface area contributed by atoms with Gasteiger partial charge in [0.1, 0.15) is 0 Å². The summed E-state index contributed by atoms with van der Waals surface area (Å²) in [6.07, 6.45) is 24.0. The zero-order chi connectivity index (χ0) is 23.3. The fourth-order valence-electron chi connectivity index (χ4n) is 1.000. The molecule has 4 fully saturated rings. The highest BCUT2D eigenvalue weighted by Crippen LogP contribution is 2.16. The van der Waals surface area contributed by atoms with Gasteiger partial charge >= 0.3 is 0 Å². The maximum atomic E-state index is 2.00. The molecule has 0 aromatic heterocycles. The van der Waals surface area contributed by atoms with Gasteiger partial charge in [-0.1, -0.05) is 186 Å². The van der Waals surface area contributed by atoms with Crippen molar-refractivity contribution in [1.82, 2.24) is 0 Å². The fourth-order valence-corrected chi connectivity index (χ4v) is 1.000. The van der Waals surface area contributed by atoms with Crippen LogP contribution >= 0.6 is 0 Å². The molecule has 0 radical (unpaired) electrons. The summed E-state index contributed by atoms with van der Waals surface area (Å²) >= 11 is 0. The van der Waals surface area contributed by atoms with E-state index in [-0.39, 0.29) is 0 Å². The smallest absolute Gasteiger partial charge is 0.0533 e. The molecule has 4 aliphatic rings. The van der Waals surface area contributed by atoms with E-state index in [4.69, 9.17) is 0 Å². The van der Waals surface area contributed by atoms with Gasteiger partial charge in [0.2, 0.25) is 0 Å². The second kappa shape index (κ2) is 71.3. The molecular weight excluding hydrogens is 336 g/mol. The van der Waals surface area contributed by atoms with Crippen LogP contribution in [0, 0.1) is 0 Å². The minimum atomic E-state index is 1.50. The summed E-state index contributed by atoms with van der Waals surface area (Å²) in [6, 6.07) is 0. The molecule has 0 atom stereocenters. The van der Waals surface area contributed by atoms with Crippen molar-refractivity contribution < 1.29 is 0 Å². The van der Waals surface area contributed by atoms with Crippen molar-refractivity contribution in [2.24, 2.45) is 0 Å². The number of hydrogen-bond acceptors (Lipinski definition) is 0. The van der Waals surface area contributed by atoms with E-state index in [2.05, 4.69) is 0 Å². The van der Waals surface area contributed by atoms with Gasteiger partial charge in [0.25, 0.3) is 0 Å². The summed E-state index contributed by atoms with van der Waals surface area (Å²) in [7, 11) is 0. The average Bonchev–Trinajstić information content (AvgIpc) is 2.59. The van der Waals surface area contributed by atoms with Crippen LogP contribution < -0.4 is 0 Å². The Bertz CT molecular complexity index is 64.0. The van der Waals surface area contributed by atoms with E-state index in [9.17, 15) is 0 Å². The SMILES string of the molecule is C1CCC1.C1CCC1.C1CCC1.C1CCC1.CC.CC.CC.CC.CC.CC. The van der Waals surface area contributed by atoms with Gasteiger partial charge in [-0.15, -0.1) is 0 Å². The quantitative estimate of drug-likeness (QED) is 0.376. The summed E-state index contributed by atoms with van der Waals surface area (Å²) in [5.41, 5.74) is 0. The van der Waals surface area contributed by atoms with Crippen LogP contribution in [0.25, 0.3) is 0 Å². The molecule has 4 rings (SSSR count). The molecule has 0 aromatic rings. The molecule has 0 heteroatoms. The summed E-state index contributed by atoms with van der Waals surface area (Å²) in [5.74, 6) is 0. The summed E-state index contributed by atoms with van der Waals surface area (Å²) < 4.78 is 0. The third-order valence-electron chi connectivity index (χ3n) is 4.00. The highest BCUT2D eigenvalue weighted by molar-refractivity contribution is 4.52. The Morgan fingerprint density at radius 2 is 0.179 bits per heavy atom. The molecule has 0 N–H and O–H groups in total. The topological polar surface area (TPSA) is 0 Å². The Kier molecular flexibility index (Phi) is 107. The molecule has 0 spiro atoms. The van der Waals surface area contributed by atoms with Gasteiger partial charge in [0.05, 0.1) is 0 Å². The van der Waals surface area contributed by atoms with Crippen LogP contribution in [0.5, 0.6) is 0 Å². The van der Waals surface area contributed by atoms with Crippen LogP contribution in [0.3, 0.4) is 0 Å². The minimum absolute atomic E-state index is 1.50. The van der Waals surface area contributed by atoms with Crippen LogP contribution in [0.2, 0.25) is 0 Å². The van der Waals surface area contributed by atoms with Gasteiger partial charge in [-0.3, -0.25) is 0 Å². The van der Waals surface area contributed by atoms with Gasteiger partial charge in [-0.2, -0.15) is 0 Å². The van der Waals surface area contributed by atoms with Crippen molar-refractivity contribution in [2.75, 3.05) is 0 Å². The lowest BCUT2D eigenvalue weighted by molar-refractivity contribution is 0.504. The van der Waals surface area contributed by atoms with Gasteiger partial charge in [-0.25, -0.2) is 0 Å². The predicted octanol–water partition coefficient (Wildman–Crippen LogP) is 12.4. The second-order valence-corrected chi connectivity index (χ2v) is 5.66. The van der Waals surface area contributed by atoms with E-state index in [0.717, 1.165) is 0 Å². The first kappa shape index (κ1) is 42.2. The zero-order valence-electron chi connectivity index (χ0n) is 23.3. The highest BCUT2D eigenvalue weighted by atomic mass is 14.0. The van der Waals surface area contributed by atoms with Crippen molar-refractivity contribution >= 4 is 0 Å². The maximum absolute atomic E-state index is 2.00. The van der Waals surface area contributed by atoms with Gasteiger partial charge in [-0.05, 0) is 0 Å². The van der Waals surface area contributed by atoms with E-state index in [1.165, 1.54) is 103 Å². The maximum Gasteiger partial charge on any atom is -0.0533 e. The molecule has 0 aliphatic heterocycles. The van der Waals surface area contributed by atoms with Crippen LogP contribution in [0.1, 0.15) is 186 Å². The van der Waals surface area contributed by atoms with Gasteiger partial charge in [0, 0.05) is 0 Å². The Balaban J connectivity index is -0.0000000494. The highest BCUT2D eigenvalue weighted by Gasteiger charge is 1.96. The van der Waals surface area contributed by atoms with Crippen molar-refractivity contribution in [3.8, 4) is 0 Å². The minimum Gasteiger partial charge on any atom is -0.0683 e. The van der Waals surface area contributed by atoms with E-state index in [1.807, 2.05) is 83.1 Å². The third-order valence-corrected chi connectivity index (χ3v) is 4.00. The first-order chi connectivity index (χ1) is 14.0.